The van der Waals surface area contributed by atoms with Crippen molar-refractivity contribution >= 4 is 49.1 Å². The molecule has 1 saturated heterocycles. The van der Waals surface area contributed by atoms with Gasteiger partial charge in [-0.25, -0.2) is 17.8 Å². The minimum Gasteiger partial charge on any atom is -0.341 e. The molecule has 4 aromatic rings. The molecule has 1 aliphatic heterocycles. The predicted molar refractivity (Wildman–Crippen MR) is 145 cm³/mol. The van der Waals surface area contributed by atoms with Crippen molar-refractivity contribution in [3.05, 3.63) is 81.7 Å². The number of thioether (sulfide) groups is 1. The molecule has 0 saturated carbocycles. The second kappa shape index (κ2) is 10.4. The Balaban J connectivity index is 1.49. The molecule has 1 amide bonds. The number of rotatable bonds is 7. The second-order valence-corrected chi connectivity index (χ2v) is 13.0. The van der Waals surface area contributed by atoms with Gasteiger partial charge in [0, 0.05) is 24.0 Å². The van der Waals surface area contributed by atoms with E-state index in [1.807, 2.05) is 35.7 Å². The van der Waals surface area contributed by atoms with Crippen LogP contribution in [0.1, 0.15) is 12.0 Å². The van der Waals surface area contributed by atoms with Gasteiger partial charge in [-0.3, -0.25) is 14.2 Å². The normalized spacial score (nSPS) is 16.8. The Bertz CT molecular complexity index is 1620. The quantitative estimate of drug-likeness (QED) is 0.252. The minimum atomic E-state index is -3.11. The van der Waals surface area contributed by atoms with E-state index in [4.69, 9.17) is 4.98 Å². The van der Waals surface area contributed by atoms with Crippen LogP contribution in [-0.4, -0.2) is 59.1 Å². The van der Waals surface area contributed by atoms with Crippen molar-refractivity contribution in [3.8, 4) is 11.1 Å². The number of sulfone groups is 1. The van der Waals surface area contributed by atoms with Crippen LogP contribution in [0.5, 0.6) is 0 Å². The van der Waals surface area contributed by atoms with Crippen LogP contribution in [0, 0.1) is 5.82 Å². The van der Waals surface area contributed by atoms with E-state index in [-0.39, 0.29) is 47.1 Å². The van der Waals surface area contributed by atoms with E-state index >= 15 is 0 Å². The van der Waals surface area contributed by atoms with Crippen LogP contribution in [0.25, 0.3) is 21.3 Å². The molecule has 5 rings (SSSR count). The van der Waals surface area contributed by atoms with Crippen LogP contribution in [-0.2, 0) is 21.2 Å². The van der Waals surface area contributed by atoms with Gasteiger partial charge in [-0.15, -0.1) is 11.3 Å². The van der Waals surface area contributed by atoms with Gasteiger partial charge in [0.15, 0.2) is 15.0 Å². The molecule has 0 N–H and O–H groups in total. The molecule has 11 heteroatoms. The van der Waals surface area contributed by atoms with Crippen LogP contribution >= 0.6 is 23.1 Å². The highest BCUT2D eigenvalue weighted by Crippen LogP contribution is 2.32. The van der Waals surface area contributed by atoms with Gasteiger partial charge in [-0.2, -0.15) is 0 Å². The van der Waals surface area contributed by atoms with E-state index < -0.39 is 9.84 Å². The highest BCUT2D eigenvalue weighted by Gasteiger charge is 2.32. The minimum absolute atomic E-state index is 0.0236. The van der Waals surface area contributed by atoms with Crippen LogP contribution in [0.15, 0.2) is 69.9 Å². The maximum Gasteiger partial charge on any atom is 0.263 e. The molecule has 2 aromatic heterocycles. The van der Waals surface area contributed by atoms with Crippen molar-refractivity contribution < 1.29 is 17.6 Å². The smallest absolute Gasteiger partial charge is 0.263 e. The van der Waals surface area contributed by atoms with Gasteiger partial charge in [-0.05, 0) is 29.7 Å². The summed E-state index contributed by atoms with van der Waals surface area (Å²) in [5.74, 6) is -0.482. The van der Waals surface area contributed by atoms with E-state index in [1.165, 1.54) is 40.1 Å². The lowest BCUT2D eigenvalue weighted by atomic mass is 10.1. The standard InChI is InChI=1S/C26H24FN3O4S3/c1-29(20-11-12-37(33,34)16-20)22(31)15-36-26-28-24-23(21(14-35-24)18-7-9-19(27)10-8-18)25(32)30(26)13-17-5-3-2-4-6-17/h2-10,14,20H,11-13,15-16H2,1H3/t20-/m0/s1. The molecule has 0 radical (unpaired) electrons. The fourth-order valence-electron chi connectivity index (χ4n) is 4.38. The fraction of sp³-hybridized carbons (Fsp3) is 0.269. The largest absolute Gasteiger partial charge is 0.341 e. The Morgan fingerprint density at radius 1 is 1.19 bits per heavy atom. The van der Waals surface area contributed by atoms with Crippen molar-refractivity contribution in [1.82, 2.24) is 14.5 Å². The maximum absolute atomic E-state index is 13.8. The first-order valence-electron chi connectivity index (χ1n) is 11.6. The van der Waals surface area contributed by atoms with Gasteiger partial charge in [-0.1, -0.05) is 54.2 Å². The fourth-order valence-corrected chi connectivity index (χ4v) is 8.06. The van der Waals surface area contributed by atoms with Crippen molar-refractivity contribution in [1.29, 1.82) is 0 Å². The zero-order valence-corrected chi connectivity index (χ0v) is 22.4. The second-order valence-electron chi connectivity index (χ2n) is 8.96. The van der Waals surface area contributed by atoms with Crippen LogP contribution in [0.2, 0.25) is 0 Å². The number of carbonyl (C=O) groups excluding carboxylic acids is 1. The lowest BCUT2D eigenvalue weighted by molar-refractivity contribution is -0.128. The third-order valence-corrected chi connectivity index (χ3v) is 10.1. The number of fused-ring (bicyclic) bond motifs is 1. The zero-order chi connectivity index (χ0) is 26.2. The van der Waals surface area contributed by atoms with E-state index in [9.17, 15) is 22.4 Å². The topological polar surface area (TPSA) is 89.3 Å². The molecule has 3 heterocycles. The summed E-state index contributed by atoms with van der Waals surface area (Å²) >= 11 is 2.49. The number of halogens is 1. The molecule has 0 spiro atoms. The number of aromatic nitrogens is 2. The molecule has 192 valence electrons. The Labute approximate surface area is 221 Å². The van der Waals surface area contributed by atoms with E-state index in [0.717, 1.165) is 11.1 Å². The van der Waals surface area contributed by atoms with E-state index in [2.05, 4.69) is 0 Å². The molecule has 1 aliphatic rings. The summed E-state index contributed by atoms with van der Waals surface area (Å²) in [5.41, 5.74) is 2.08. The number of nitrogens with zero attached hydrogens (tertiary/aromatic N) is 3. The highest BCUT2D eigenvalue weighted by atomic mass is 32.2. The van der Waals surface area contributed by atoms with Crippen molar-refractivity contribution in [2.75, 3.05) is 24.3 Å². The number of hydrogen-bond donors (Lipinski definition) is 0. The molecule has 1 fully saturated rings. The SMILES string of the molecule is CN(C(=O)CSc1nc2scc(-c3ccc(F)cc3)c2c(=O)n1Cc1ccccc1)[C@H]1CCS(=O)(=O)C1. The number of benzene rings is 2. The molecule has 0 bridgehead atoms. The number of amides is 1. The highest BCUT2D eigenvalue weighted by molar-refractivity contribution is 7.99. The third-order valence-electron chi connectivity index (χ3n) is 6.47. The van der Waals surface area contributed by atoms with Crippen molar-refractivity contribution in [2.24, 2.45) is 0 Å². The summed E-state index contributed by atoms with van der Waals surface area (Å²) in [5, 5.41) is 2.71. The summed E-state index contributed by atoms with van der Waals surface area (Å²) in [6.07, 6.45) is 0.430. The summed E-state index contributed by atoms with van der Waals surface area (Å²) < 4.78 is 38.7. The van der Waals surface area contributed by atoms with Gasteiger partial charge in [0.25, 0.3) is 5.56 Å². The van der Waals surface area contributed by atoms with Gasteiger partial charge in [0.05, 0.1) is 29.2 Å². The Morgan fingerprint density at radius 2 is 1.92 bits per heavy atom. The van der Waals surface area contributed by atoms with Gasteiger partial charge in [0.2, 0.25) is 5.91 Å². The van der Waals surface area contributed by atoms with E-state index in [0.29, 0.717) is 27.4 Å². The summed E-state index contributed by atoms with van der Waals surface area (Å²) in [6, 6.07) is 15.2. The average Bonchev–Trinajstić information content (AvgIpc) is 3.48. The molecule has 37 heavy (non-hydrogen) atoms. The Morgan fingerprint density at radius 3 is 2.59 bits per heavy atom. The third kappa shape index (κ3) is 5.48. The van der Waals surface area contributed by atoms with Crippen molar-refractivity contribution in [2.45, 2.75) is 24.2 Å². The van der Waals surface area contributed by atoms with Crippen LogP contribution in [0.4, 0.5) is 4.39 Å². The predicted octanol–water partition coefficient (Wildman–Crippen LogP) is 4.05. The van der Waals surface area contributed by atoms with E-state index in [1.54, 1.807) is 23.7 Å². The Kier molecular flexibility index (Phi) is 7.19. The molecular formula is C26H24FN3O4S3. The molecule has 1 atom stereocenters. The molecule has 0 aliphatic carbocycles. The van der Waals surface area contributed by atoms with Gasteiger partial charge < -0.3 is 4.90 Å². The molecule has 2 aromatic carbocycles. The molecular weight excluding hydrogens is 534 g/mol. The van der Waals surface area contributed by atoms with Crippen molar-refractivity contribution in [3.63, 3.8) is 0 Å². The lowest BCUT2D eigenvalue weighted by Gasteiger charge is -2.23. The molecule has 0 unspecified atom stereocenters. The Hall–Kier alpha value is -3.02. The summed E-state index contributed by atoms with van der Waals surface area (Å²) in [6.45, 7) is 0.272. The van der Waals surface area contributed by atoms with Crippen LogP contribution < -0.4 is 5.56 Å². The number of thiophene rings is 1. The zero-order valence-electron chi connectivity index (χ0n) is 20.0. The first-order valence-corrected chi connectivity index (χ1v) is 15.3. The van der Waals surface area contributed by atoms with Gasteiger partial charge >= 0.3 is 0 Å². The average molecular weight is 558 g/mol. The lowest BCUT2D eigenvalue weighted by Crippen LogP contribution is -2.39. The first-order chi connectivity index (χ1) is 17.7. The maximum atomic E-state index is 13.8. The monoisotopic (exact) mass is 557 g/mol. The molecule has 7 nitrogen and oxygen atoms in total. The first kappa shape index (κ1) is 25.6. The summed E-state index contributed by atoms with van der Waals surface area (Å²) in [4.78, 5) is 33.5. The number of carbonyl (C=O) groups is 1. The summed E-state index contributed by atoms with van der Waals surface area (Å²) in [7, 11) is -1.49. The van der Waals surface area contributed by atoms with Crippen LogP contribution in [0.3, 0.4) is 0 Å². The number of hydrogen-bond acceptors (Lipinski definition) is 7. The van der Waals surface area contributed by atoms with Gasteiger partial charge in [0.1, 0.15) is 10.6 Å².